The third-order valence-electron chi connectivity index (χ3n) is 4.69. The van der Waals surface area contributed by atoms with E-state index in [1.165, 1.54) is 16.9 Å². The third kappa shape index (κ3) is 5.36. The molecule has 0 unspecified atom stereocenters. The zero-order valence-electron chi connectivity index (χ0n) is 16.8. The predicted octanol–water partition coefficient (Wildman–Crippen LogP) is 6.32. The maximum atomic E-state index is 14.0. The van der Waals surface area contributed by atoms with Crippen molar-refractivity contribution in [2.75, 3.05) is 5.32 Å². The summed E-state index contributed by atoms with van der Waals surface area (Å²) in [6.07, 6.45) is 3.13. The number of hydrogen-bond acceptors (Lipinski definition) is 3. The third-order valence-corrected chi connectivity index (χ3v) is 5.70. The number of carbonyl (C=O) groups is 1. The summed E-state index contributed by atoms with van der Waals surface area (Å²) >= 11 is 9.53. The number of amides is 1. The second kappa shape index (κ2) is 9.97. The van der Waals surface area contributed by atoms with Crippen LogP contribution in [0.3, 0.4) is 0 Å². The summed E-state index contributed by atoms with van der Waals surface area (Å²) in [5, 5.41) is 7.31. The van der Waals surface area contributed by atoms with Crippen LogP contribution in [0.25, 0.3) is 0 Å². The topological polar surface area (TPSA) is 56.2 Å². The Morgan fingerprint density at radius 2 is 1.94 bits per heavy atom. The number of halogens is 3. The maximum Gasteiger partial charge on any atom is 0.255 e. The molecule has 0 fully saturated rings. The van der Waals surface area contributed by atoms with E-state index in [0.29, 0.717) is 28.4 Å². The van der Waals surface area contributed by atoms with Crippen molar-refractivity contribution in [3.05, 3.63) is 111 Å². The summed E-state index contributed by atoms with van der Waals surface area (Å²) in [6.45, 7) is 0.480. The molecule has 8 heteroatoms. The molecule has 0 bridgehead atoms. The molecule has 4 rings (SSSR count). The Morgan fingerprint density at radius 1 is 1.12 bits per heavy atom. The monoisotopic (exact) mass is 513 g/mol. The van der Waals surface area contributed by atoms with E-state index in [2.05, 4.69) is 26.3 Å². The second-order valence-electron chi connectivity index (χ2n) is 7.00. The standard InChI is InChI=1S/C24H18BrClFN3O2/c25-20-7-1-2-10-23(20)32-15-16-5-3-6-17(11-16)24(31)29-18-12-28-30(13-18)14-19-21(26)8-4-9-22(19)27/h1-13H,14-15H2,(H,29,31). The second-order valence-corrected chi connectivity index (χ2v) is 8.26. The number of para-hydroxylation sites is 1. The molecule has 32 heavy (non-hydrogen) atoms. The highest BCUT2D eigenvalue weighted by Crippen LogP contribution is 2.25. The Labute approximate surface area is 197 Å². The minimum atomic E-state index is -0.403. The van der Waals surface area contributed by atoms with Gasteiger partial charge in [0.2, 0.25) is 0 Å². The lowest BCUT2D eigenvalue weighted by Crippen LogP contribution is -2.12. The molecule has 1 heterocycles. The number of nitrogens with zero attached hydrogens (tertiary/aromatic N) is 2. The van der Waals surface area contributed by atoms with Crippen molar-refractivity contribution in [2.24, 2.45) is 0 Å². The molecule has 0 saturated heterocycles. The van der Waals surface area contributed by atoms with Crippen molar-refractivity contribution in [3.63, 3.8) is 0 Å². The molecule has 5 nitrogen and oxygen atoms in total. The van der Waals surface area contributed by atoms with Gasteiger partial charge in [0.15, 0.2) is 0 Å². The summed E-state index contributed by atoms with van der Waals surface area (Å²) in [5.74, 6) is 0.0427. The molecule has 0 saturated carbocycles. The molecule has 0 aliphatic heterocycles. The van der Waals surface area contributed by atoms with Gasteiger partial charge in [0.25, 0.3) is 5.91 Å². The smallest absolute Gasteiger partial charge is 0.255 e. The highest BCUT2D eigenvalue weighted by molar-refractivity contribution is 9.10. The van der Waals surface area contributed by atoms with Crippen LogP contribution in [-0.2, 0) is 13.2 Å². The van der Waals surface area contributed by atoms with E-state index < -0.39 is 5.82 Å². The summed E-state index contributed by atoms with van der Waals surface area (Å²) in [6, 6.07) is 19.3. The van der Waals surface area contributed by atoms with Crippen molar-refractivity contribution >= 4 is 39.1 Å². The predicted molar refractivity (Wildman–Crippen MR) is 126 cm³/mol. The van der Waals surface area contributed by atoms with Crippen molar-refractivity contribution in [1.29, 1.82) is 0 Å². The lowest BCUT2D eigenvalue weighted by atomic mass is 10.1. The molecule has 162 valence electrons. The van der Waals surface area contributed by atoms with Gasteiger partial charge in [-0.2, -0.15) is 5.10 Å². The fourth-order valence-corrected chi connectivity index (χ4v) is 3.71. The highest BCUT2D eigenvalue weighted by atomic mass is 79.9. The van der Waals surface area contributed by atoms with E-state index >= 15 is 0 Å². The largest absolute Gasteiger partial charge is 0.488 e. The molecule has 0 aliphatic carbocycles. The Hall–Kier alpha value is -3.16. The zero-order valence-corrected chi connectivity index (χ0v) is 19.1. The summed E-state index contributed by atoms with van der Waals surface area (Å²) in [5.41, 5.74) is 2.19. The van der Waals surface area contributed by atoms with Gasteiger partial charge >= 0.3 is 0 Å². The Morgan fingerprint density at radius 3 is 2.75 bits per heavy atom. The number of benzene rings is 3. The molecular formula is C24H18BrClFN3O2. The first-order valence-corrected chi connectivity index (χ1v) is 10.9. The van der Waals surface area contributed by atoms with Gasteiger partial charge in [-0.15, -0.1) is 0 Å². The summed E-state index contributed by atoms with van der Waals surface area (Å²) in [4.78, 5) is 12.7. The first-order valence-electron chi connectivity index (χ1n) is 9.72. The number of ether oxygens (including phenoxy) is 1. The number of carbonyl (C=O) groups excluding carboxylic acids is 1. The fraction of sp³-hybridized carbons (Fsp3) is 0.0833. The quantitative estimate of drug-likeness (QED) is 0.314. The van der Waals surface area contributed by atoms with Gasteiger partial charge in [-0.25, -0.2) is 4.39 Å². The molecule has 0 spiro atoms. The van der Waals surface area contributed by atoms with Crippen molar-refractivity contribution in [2.45, 2.75) is 13.2 Å². The average Bonchev–Trinajstić information content (AvgIpc) is 3.23. The van der Waals surface area contributed by atoms with Crippen LogP contribution in [0.15, 0.2) is 83.6 Å². The van der Waals surface area contributed by atoms with Crippen LogP contribution in [-0.4, -0.2) is 15.7 Å². The van der Waals surface area contributed by atoms with Crippen LogP contribution in [0, 0.1) is 5.82 Å². The molecule has 0 atom stereocenters. The summed E-state index contributed by atoms with van der Waals surface area (Å²) in [7, 11) is 0. The first-order chi connectivity index (χ1) is 15.5. The molecule has 3 aromatic carbocycles. The minimum Gasteiger partial charge on any atom is -0.488 e. The van der Waals surface area contributed by atoms with E-state index in [1.807, 2.05) is 30.3 Å². The zero-order chi connectivity index (χ0) is 22.5. The van der Waals surface area contributed by atoms with E-state index in [0.717, 1.165) is 15.8 Å². The van der Waals surface area contributed by atoms with Gasteiger partial charge in [0.1, 0.15) is 18.2 Å². The van der Waals surface area contributed by atoms with Crippen LogP contribution >= 0.6 is 27.5 Å². The van der Waals surface area contributed by atoms with Gasteiger partial charge in [0, 0.05) is 22.3 Å². The number of nitrogens with one attached hydrogen (secondary N) is 1. The number of hydrogen-bond donors (Lipinski definition) is 1. The number of anilines is 1. The van der Waals surface area contributed by atoms with Crippen LogP contribution in [0.5, 0.6) is 5.75 Å². The molecule has 1 N–H and O–H groups in total. The van der Waals surface area contributed by atoms with Crippen molar-refractivity contribution in [3.8, 4) is 5.75 Å². The van der Waals surface area contributed by atoms with Gasteiger partial charge in [0.05, 0.1) is 22.9 Å². The van der Waals surface area contributed by atoms with Crippen molar-refractivity contribution < 1.29 is 13.9 Å². The fourth-order valence-electron chi connectivity index (χ4n) is 3.09. The van der Waals surface area contributed by atoms with Crippen LogP contribution in [0.2, 0.25) is 5.02 Å². The molecule has 1 amide bonds. The van der Waals surface area contributed by atoms with Crippen LogP contribution in [0.4, 0.5) is 10.1 Å². The SMILES string of the molecule is O=C(Nc1cnn(Cc2c(F)cccc2Cl)c1)c1cccc(COc2ccccc2Br)c1. The number of rotatable bonds is 7. The van der Waals surface area contributed by atoms with Crippen molar-refractivity contribution in [1.82, 2.24) is 9.78 Å². The molecule has 0 aliphatic rings. The molecule has 4 aromatic rings. The van der Waals surface area contributed by atoms with E-state index in [4.69, 9.17) is 16.3 Å². The number of aromatic nitrogens is 2. The van der Waals surface area contributed by atoms with E-state index in [1.54, 1.807) is 36.5 Å². The Balaban J connectivity index is 1.40. The van der Waals surface area contributed by atoms with Crippen LogP contribution < -0.4 is 10.1 Å². The molecular weight excluding hydrogens is 497 g/mol. The van der Waals surface area contributed by atoms with Gasteiger partial charge in [-0.3, -0.25) is 9.48 Å². The lowest BCUT2D eigenvalue weighted by Gasteiger charge is -2.09. The first kappa shape index (κ1) is 22.0. The van der Waals surface area contributed by atoms with Crippen LogP contribution in [0.1, 0.15) is 21.5 Å². The van der Waals surface area contributed by atoms with Gasteiger partial charge in [-0.1, -0.05) is 41.9 Å². The normalized spacial score (nSPS) is 10.7. The van der Waals surface area contributed by atoms with Gasteiger partial charge < -0.3 is 10.1 Å². The molecule has 0 radical (unpaired) electrons. The van der Waals surface area contributed by atoms with E-state index in [-0.39, 0.29) is 12.5 Å². The minimum absolute atomic E-state index is 0.156. The van der Waals surface area contributed by atoms with E-state index in [9.17, 15) is 9.18 Å². The lowest BCUT2D eigenvalue weighted by molar-refractivity contribution is 0.102. The highest BCUT2D eigenvalue weighted by Gasteiger charge is 2.11. The van der Waals surface area contributed by atoms with Gasteiger partial charge in [-0.05, 0) is 57.9 Å². The Kier molecular flexibility index (Phi) is 6.87. The summed E-state index contributed by atoms with van der Waals surface area (Å²) < 4.78 is 22.2. The average molecular weight is 515 g/mol. The Bertz CT molecular complexity index is 1240. The molecule has 1 aromatic heterocycles. The maximum absolute atomic E-state index is 14.0.